The third kappa shape index (κ3) is 3.54. The predicted molar refractivity (Wildman–Crippen MR) is 56.3 cm³/mol. The van der Waals surface area contributed by atoms with Crippen molar-refractivity contribution < 1.29 is 9.50 Å². The lowest BCUT2D eigenvalue weighted by molar-refractivity contribution is 0.342. The molecule has 0 aliphatic rings. The van der Waals surface area contributed by atoms with Crippen molar-refractivity contribution in [1.29, 1.82) is 0 Å². The standard InChI is InChI=1S/C12H13FO/c1-10(3-2-8-14)9-11-4-6-12(13)7-5-11/h2-7,9,14H,8H2,1H3/b3-2+,10-9+. The molecule has 0 saturated heterocycles. The lowest BCUT2D eigenvalue weighted by Gasteiger charge is -1.95. The molecular weight excluding hydrogens is 179 g/mol. The molecule has 0 unspecified atom stereocenters. The van der Waals surface area contributed by atoms with Gasteiger partial charge in [0.25, 0.3) is 0 Å². The molecule has 1 rings (SSSR count). The number of rotatable bonds is 3. The van der Waals surface area contributed by atoms with Crippen molar-refractivity contribution in [3.63, 3.8) is 0 Å². The molecule has 0 bridgehead atoms. The Morgan fingerprint density at radius 3 is 2.57 bits per heavy atom. The summed E-state index contributed by atoms with van der Waals surface area (Å²) in [6.07, 6.45) is 5.41. The Kier molecular flexibility index (Phi) is 4.08. The van der Waals surface area contributed by atoms with E-state index in [2.05, 4.69) is 0 Å². The molecule has 0 heterocycles. The van der Waals surface area contributed by atoms with Crippen LogP contribution in [0.15, 0.2) is 42.0 Å². The summed E-state index contributed by atoms with van der Waals surface area (Å²) in [5, 5.41) is 8.55. The van der Waals surface area contributed by atoms with E-state index in [0.29, 0.717) is 0 Å². The van der Waals surface area contributed by atoms with Gasteiger partial charge in [0.05, 0.1) is 6.61 Å². The Morgan fingerprint density at radius 2 is 2.00 bits per heavy atom. The number of hydrogen-bond acceptors (Lipinski definition) is 1. The highest BCUT2D eigenvalue weighted by Crippen LogP contribution is 2.08. The van der Waals surface area contributed by atoms with E-state index >= 15 is 0 Å². The molecule has 0 amide bonds. The van der Waals surface area contributed by atoms with Crippen LogP contribution in [0, 0.1) is 5.82 Å². The molecule has 1 nitrogen and oxygen atoms in total. The fraction of sp³-hybridized carbons (Fsp3) is 0.167. The van der Waals surface area contributed by atoms with Gasteiger partial charge in [0.1, 0.15) is 5.82 Å². The van der Waals surface area contributed by atoms with Crippen LogP contribution in [0.2, 0.25) is 0 Å². The van der Waals surface area contributed by atoms with Crippen LogP contribution < -0.4 is 0 Å². The van der Waals surface area contributed by atoms with E-state index in [0.717, 1.165) is 11.1 Å². The van der Waals surface area contributed by atoms with E-state index in [-0.39, 0.29) is 12.4 Å². The Balaban J connectivity index is 2.76. The number of hydrogen-bond donors (Lipinski definition) is 1. The summed E-state index contributed by atoms with van der Waals surface area (Å²) in [4.78, 5) is 0. The summed E-state index contributed by atoms with van der Waals surface area (Å²) in [5.41, 5.74) is 1.97. The summed E-state index contributed by atoms with van der Waals surface area (Å²) in [6, 6.07) is 6.28. The van der Waals surface area contributed by atoms with E-state index in [4.69, 9.17) is 5.11 Å². The van der Waals surface area contributed by atoms with Crippen LogP contribution in [0.25, 0.3) is 6.08 Å². The number of halogens is 1. The maximum absolute atomic E-state index is 12.6. The second kappa shape index (κ2) is 5.35. The minimum atomic E-state index is -0.231. The zero-order chi connectivity index (χ0) is 10.4. The topological polar surface area (TPSA) is 20.2 Å². The van der Waals surface area contributed by atoms with Crippen molar-refractivity contribution in [2.75, 3.05) is 6.61 Å². The van der Waals surface area contributed by atoms with Crippen LogP contribution in [-0.2, 0) is 0 Å². The van der Waals surface area contributed by atoms with Crippen LogP contribution in [0.5, 0.6) is 0 Å². The van der Waals surface area contributed by atoms with Crippen LogP contribution in [0.4, 0.5) is 4.39 Å². The molecule has 1 aromatic rings. The van der Waals surface area contributed by atoms with Crippen molar-refractivity contribution in [2.24, 2.45) is 0 Å². The van der Waals surface area contributed by atoms with Crippen molar-refractivity contribution in [3.8, 4) is 0 Å². The van der Waals surface area contributed by atoms with Crippen LogP contribution in [-0.4, -0.2) is 11.7 Å². The highest BCUT2D eigenvalue weighted by molar-refractivity contribution is 5.54. The van der Waals surface area contributed by atoms with Gasteiger partial charge in [0.15, 0.2) is 0 Å². The number of aliphatic hydroxyl groups excluding tert-OH is 1. The maximum Gasteiger partial charge on any atom is 0.123 e. The molecule has 0 spiro atoms. The van der Waals surface area contributed by atoms with Gasteiger partial charge in [0, 0.05) is 0 Å². The van der Waals surface area contributed by atoms with E-state index in [1.54, 1.807) is 18.2 Å². The van der Waals surface area contributed by atoms with E-state index in [9.17, 15) is 4.39 Å². The lowest BCUT2D eigenvalue weighted by atomic mass is 10.1. The quantitative estimate of drug-likeness (QED) is 0.730. The maximum atomic E-state index is 12.6. The summed E-state index contributed by atoms with van der Waals surface area (Å²) < 4.78 is 12.6. The van der Waals surface area contributed by atoms with Gasteiger partial charge in [0.2, 0.25) is 0 Å². The van der Waals surface area contributed by atoms with Gasteiger partial charge in [-0.05, 0) is 24.6 Å². The third-order valence-electron chi connectivity index (χ3n) is 1.75. The smallest absolute Gasteiger partial charge is 0.123 e. The molecular formula is C12H13FO. The summed E-state index contributed by atoms with van der Waals surface area (Å²) in [6.45, 7) is 1.96. The molecule has 0 atom stereocenters. The zero-order valence-electron chi connectivity index (χ0n) is 8.07. The summed E-state index contributed by atoms with van der Waals surface area (Å²) in [7, 11) is 0. The van der Waals surface area contributed by atoms with Crippen LogP contribution >= 0.6 is 0 Å². The number of allylic oxidation sites excluding steroid dienone is 2. The van der Waals surface area contributed by atoms with Gasteiger partial charge in [-0.2, -0.15) is 0 Å². The fourth-order valence-corrected chi connectivity index (χ4v) is 1.11. The van der Waals surface area contributed by atoms with Gasteiger partial charge >= 0.3 is 0 Å². The van der Waals surface area contributed by atoms with Gasteiger partial charge in [-0.25, -0.2) is 4.39 Å². The Hall–Kier alpha value is -1.41. The molecule has 0 aliphatic heterocycles. The van der Waals surface area contributed by atoms with Crippen molar-refractivity contribution in [3.05, 3.63) is 53.4 Å². The predicted octanol–water partition coefficient (Wildman–Crippen LogP) is 2.78. The molecule has 1 N–H and O–H groups in total. The first-order valence-corrected chi connectivity index (χ1v) is 4.43. The van der Waals surface area contributed by atoms with Gasteiger partial charge in [-0.3, -0.25) is 0 Å². The van der Waals surface area contributed by atoms with Crippen LogP contribution in [0.3, 0.4) is 0 Å². The summed E-state index contributed by atoms with van der Waals surface area (Å²) >= 11 is 0. The molecule has 0 fully saturated rings. The summed E-state index contributed by atoms with van der Waals surface area (Å²) in [5.74, 6) is -0.231. The zero-order valence-corrected chi connectivity index (χ0v) is 8.07. The molecule has 14 heavy (non-hydrogen) atoms. The molecule has 0 saturated carbocycles. The van der Waals surface area contributed by atoms with Gasteiger partial charge in [-0.15, -0.1) is 0 Å². The van der Waals surface area contributed by atoms with E-state index in [1.165, 1.54) is 12.1 Å². The molecule has 0 aliphatic carbocycles. The van der Waals surface area contributed by atoms with E-state index in [1.807, 2.05) is 19.1 Å². The average Bonchev–Trinajstić information content (AvgIpc) is 2.18. The Labute approximate surface area is 83.2 Å². The van der Waals surface area contributed by atoms with Crippen molar-refractivity contribution in [1.82, 2.24) is 0 Å². The van der Waals surface area contributed by atoms with E-state index < -0.39 is 0 Å². The first-order valence-electron chi connectivity index (χ1n) is 4.43. The second-order valence-corrected chi connectivity index (χ2v) is 3.02. The minimum absolute atomic E-state index is 0.0363. The second-order valence-electron chi connectivity index (χ2n) is 3.02. The van der Waals surface area contributed by atoms with Gasteiger partial charge in [-0.1, -0.05) is 35.9 Å². The molecule has 1 aromatic carbocycles. The Morgan fingerprint density at radius 1 is 1.36 bits per heavy atom. The monoisotopic (exact) mass is 192 g/mol. The molecule has 2 heteroatoms. The number of aliphatic hydroxyl groups is 1. The van der Waals surface area contributed by atoms with Gasteiger partial charge < -0.3 is 5.11 Å². The Bertz CT molecular complexity index is 336. The molecule has 0 aromatic heterocycles. The van der Waals surface area contributed by atoms with Crippen LogP contribution in [0.1, 0.15) is 12.5 Å². The highest BCUT2D eigenvalue weighted by atomic mass is 19.1. The highest BCUT2D eigenvalue weighted by Gasteiger charge is 1.89. The minimum Gasteiger partial charge on any atom is -0.392 e. The first-order chi connectivity index (χ1) is 6.72. The SMILES string of the molecule is CC(/C=C/CO)=C\c1ccc(F)cc1. The van der Waals surface area contributed by atoms with Crippen molar-refractivity contribution in [2.45, 2.75) is 6.92 Å². The third-order valence-corrected chi connectivity index (χ3v) is 1.75. The lowest BCUT2D eigenvalue weighted by Crippen LogP contribution is -1.77. The average molecular weight is 192 g/mol. The molecule has 74 valence electrons. The largest absolute Gasteiger partial charge is 0.392 e. The molecule has 0 radical (unpaired) electrons. The first kappa shape index (κ1) is 10.7. The number of benzene rings is 1. The van der Waals surface area contributed by atoms with Crippen molar-refractivity contribution >= 4 is 6.08 Å². The normalized spacial score (nSPS) is 12.4. The fourth-order valence-electron chi connectivity index (χ4n) is 1.11.